The fourth-order valence-electron chi connectivity index (χ4n) is 2.08. The van der Waals surface area contributed by atoms with E-state index in [0.29, 0.717) is 6.54 Å². The Morgan fingerprint density at radius 1 is 1.20 bits per heavy atom. The van der Waals surface area contributed by atoms with Gasteiger partial charge in [0.15, 0.2) is 0 Å². The van der Waals surface area contributed by atoms with Crippen LogP contribution in [0, 0.1) is 0 Å². The topological polar surface area (TPSA) is 12.0 Å². The van der Waals surface area contributed by atoms with Gasteiger partial charge in [0.25, 0.3) is 0 Å². The third-order valence-corrected chi connectivity index (χ3v) is 4.39. The fraction of sp³-hybridized carbons (Fsp3) is 1.00. The summed E-state index contributed by atoms with van der Waals surface area (Å²) in [6, 6.07) is 0. The van der Waals surface area contributed by atoms with E-state index in [-0.39, 0.29) is 4.75 Å². The van der Waals surface area contributed by atoms with Gasteiger partial charge in [-0.05, 0) is 19.1 Å². The molecule has 0 bridgehead atoms. The van der Waals surface area contributed by atoms with Crippen LogP contribution >= 0.6 is 11.8 Å². The zero-order valence-corrected chi connectivity index (χ0v) is 9.81. The van der Waals surface area contributed by atoms with Crippen molar-refractivity contribution in [1.82, 2.24) is 5.32 Å². The summed E-state index contributed by atoms with van der Waals surface area (Å²) in [6.45, 7) is -0.386. The molecule has 1 rings (SSSR count). The first kappa shape index (κ1) is 13.2. The highest BCUT2D eigenvalue weighted by atomic mass is 32.2. The molecule has 0 aromatic heterocycles. The van der Waals surface area contributed by atoms with Crippen LogP contribution in [0.25, 0.3) is 0 Å². The first-order valence-corrected chi connectivity index (χ1v) is 6.53. The summed E-state index contributed by atoms with van der Waals surface area (Å²) in [7, 11) is 0. The molecule has 1 nitrogen and oxygen atoms in total. The van der Waals surface area contributed by atoms with Gasteiger partial charge in [-0.15, -0.1) is 0 Å². The Bertz CT molecular complexity index is 188. The Balaban J connectivity index is 2.33. The average Bonchev–Trinajstić information content (AvgIpc) is 2.17. The van der Waals surface area contributed by atoms with Crippen molar-refractivity contribution < 1.29 is 13.2 Å². The molecule has 0 amide bonds. The highest BCUT2D eigenvalue weighted by Crippen LogP contribution is 2.38. The van der Waals surface area contributed by atoms with Crippen molar-refractivity contribution in [2.75, 3.05) is 19.3 Å². The smallest absolute Gasteiger partial charge is 0.307 e. The lowest BCUT2D eigenvalue weighted by Crippen LogP contribution is -2.42. The third-order valence-electron chi connectivity index (χ3n) is 2.97. The minimum absolute atomic E-state index is 0.0451. The quantitative estimate of drug-likeness (QED) is 0.811. The molecular weight excluding hydrogens is 223 g/mol. The van der Waals surface area contributed by atoms with Crippen LogP contribution in [0.3, 0.4) is 0 Å². The standard InChI is InChI=1S/C10H18F3NS/c1-15-9(5-3-2-4-6-9)7-14-8-10(11,12)13/h14H,2-8H2,1H3. The van der Waals surface area contributed by atoms with Crippen molar-refractivity contribution in [3.63, 3.8) is 0 Å². The SMILES string of the molecule is CSC1(CNCC(F)(F)F)CCCCC1. The van der Waals surface area contributed by atoms with Gasteiger partial charge in [0.1, 0.15) is 0 Å². The van der Waals surface area contributed by atoms with Gasteiger partial charge in [-0.3, -0.25) is 0 Å². The Morgan fingerprint density at radius 3 is 2.27 bits per heavy atom. The summed E-state index contributed by atoms with van der Waals surface area (Å²) in [5.74, 6) is 0. The number of halogens is 3. The zero-order valence-electron chi connectivity index (χ0n) is 8.99. The molecule has 0 aromatic carbocycles. The Kier molecular flexibility index (Phi) is 4.77. The molecule has 0 spiro atoms. The maximum Gasteiger partial charge on any atom is 0.401 e. The van der Waals surface area contributed by atoms with Crippen LogP contribution in [0.1, 0.15) is 32.1 Å². The maximum atomic E-state index is 12.0. The van der Waals surface area contributed by atoms with E-state index in [1.807, 2.05) is 6.26 Å². The molecule has 0 unspecified atom stereocenters. The third kappa shape index (κ3) is 4.64. The van der Waals surface area contributed by atoms with Crippen LogP contribution in [0.4, 0.5) is 13.2 Å². The monoisotopic (exact) mass is 241 g/mol. The van der Waals surface area contributed by atoms with Gasteiger partial charge in [-0.25, -0.2) is 0 Å². The molecule has 0 radical (unpaired) electrons. The van der Waals surface area contributed by atoms with Gasteiger partial charge >= 0.3 is 6.18 Å². The van der Waals surface area contributed by atoms with Gasteiger partial charge in [0, 0.05) is 11.3 Å². The van der Waals surface area contributed by atoms with Crippen LogP contribution in [0.5, 0.6) is 0 Å². The minimum atomic E-state index is -4.09. The molecule has 0 heterocycles. The van der Waals surface area contributed by atoms with E-state index in [0.717, 1.165) is 25.7 Å². The molecule has 1 saturated carbocycles. The number of rotatable bonds is 4. The number of hydrogen-bond donors (Lipinski definition) is 1. The van der Waals surface area contributed by atoms with E-state index >= 15 is 0 Å². The van der Waals surface area contributed by atoms with Crippen LogP contribution in [0.2, 0.25) is 0 Å². The Labute approximate surface area is 93.2 Å². The number of hydrogen-bond acceptors (Lipinski definition) is 2. The normalized spacial score (nSPS) is 21.6. The van der Waals surface area contributed by atoms with Crippen LogP contribution in [-0.4, -0.2) is 30.3 Å². The van der Waals surface area contributed by atoms with E-state index in [9.17, 15) is 13.2 Å². The molecular formula is C10H18F3NS. The molecule has 0 saturated heterocycles. The van der Waals surface area contributed by atoms with Crippen molar-refractivity contribution in [2.24, 2.45) is 0 Å². The highest BCUT2D eigenvalue weighted by Gasteiger charge is 2.33. The van der Waals surface area contributed by atoms with Gasteiger partial charge < -0.3 is 5.32 Å². The lowest BCUT2D eigenvalue weighted by Gasteiger charge is -2.36. The van der Waals surface area contributed by atoms with Crippen molar-refractivity contribution in [2.45, 2.75) is 43.0 Å². The molecule has 1 fully saturated rings. The van der Waals surface area contributed by atoms with E-state index in [2.05, 4.69) is 5.32 Å². The second kappa shape index (κ2) is 5.43. The van der Waals surface area contributed by atoms with Crippen LogP contribution < -0.4 is 5.32 Å². The molecule has 5 heteroatoms. The lowest BCUT2D eigenvalue weighted by atomic mass is 9.88. The molecule has 15 heavy (non-hydrogen) atoms. The highest BCUT2D eigenvalue weighted by molar-refractivity contribution is 8.00. The Morgan fingerprint density at radius 2 is 1.80 bits per heavy atom. The molecule has 1 N–H and O–H groups in total. The summed E-state index contributed by atoms with van der Waals surface area (Å²) in [4.78, 5) is 0. The second-order valence-corrected chi connectivity index (χ2v) is 5.44. The van der Waals surface area contributed by atoms with Crippen LogP contribution in [0.15, 0.2) is 0 Å². The summed E-state index contributed by atoms with van der Waals surface area (Å²) < 4.78 is 36.0. The van der Waals surface area contributed by atoms with Crippen molar-refractivity contribution in [3.8, 4) is 0 Å². The summed E-state index contributed by atoms with van der Waals surface area (Å²) >= 11 is 1.71. The Hall–Kier alpha value is 0.100. The van der Waals surface area contributed by atoms with Gasteiger partial charge in [-0.2, -0.15) is 24.9 Å². The van der Waals surface area contributed by atoms with Gasteiger partial charge in [0.05, 0.1) is 6.54 Å². The first-order chi connectivity index (χ1) is 6.97. The van der Waals surface area contributed by atoms with Gasteiger partial charge in [-0.1, -0.05) is 19.3 Å². The summed E-state index contributed by atoms with van der Waals surface area (Å²) in [5, 5.41) is 2.54. The fourth-order valence-corrected chi connectivity index (χ4v) is 3.02. The summed E-state index contributed by atoms with van der Waals surface area (Å²) in [6.07, 6.45) is 3.51. The largest absolute Gasteiger partial charge is 0.401 e. The number of nitrogens with one attached hydrogen (secondary N) is 1. The first-order valence-electron chi connectivity index (χ1n) is 5.30. The summed E-state index contributed by atoms with van der Waals surface area (Å²) in [5.41, 5.74) is 0. The molecule has 90 valence electrons. The van der Waals surface area contributed by atoms with Crippen molar-refractivity contribution in [1.29, 1.82) is 0 Å². The van der Waals surface area contributed by atoms with E-state index in [1.165, 1.54) is 6.42 Å². The molecule has 1 aliphatic rings. The predicted molar refractivity (Wildman–Crippen MR) is 58.3 cm³/mol. The van der Waals surface area contributed by atoms with E-state index < -0.39 is 12.7 Å². The maximum absolute atomic E-state index is 12.0. The minimum Gasteiger partial charge on any atom is -0.307 e. The van der Waals surface area contributed by atoms with E-state index in [4.69, 9.17) is 0 Å². The van der Waals surface area contributed by atoms with Gasteiger partial charge in [0.2, 0.25) is 0 Å². The van der Waals surface area contributed by atoms with Crippen molar-refractivity contribution in [3.05, 3.63) is 0 Å². The molecule has 1 aliphatic carbocycles. The average molecular weight is 241 g/mol. The number of alkyl halides is 3. The van der Waals surface area contributed by atoms with Crippen LogP contribution in [-0.2, 0) is 0 Å². The molecule has 0 aromatic rings. The van der Waals surface area contributed by atoms with E-state index in [1.54, 1.807) is 11.8 Å². The number of thioether (sulfide) groups is 1. The molecule has 0 atom stereocenters. The second-order valence-electron chi connectivity index (χ2n) is 4.17. The predicted octanol–water partition coefficient (Wildman–Crippen LogP) is 3.20. The molecule has 0 aliphatic heterocycles. The zero-order chi connectivity index (χ0) is 11.4. The van der Waals surface area contributed by atoms with Crippen molar-refractivity contribution >= 4 is 11.8 Å². The lowest BCUT2D eigenvalue weighted by molar-refractivity contribution is -0.125.